The van der Waals surface area contributed by atoms with Crippen LogP contribution in [-0.2, 0) is 9.53 Å². The fraction of sp³-hybridized carbons (Fsp3) is 0.722. The van der Waals surface area contributed by atoms with E-state index in [-0.39, 0.29) is 24.6 Å². The van der Waals surface area contributed by atoms with Crippen LogP contribution in [0.25, 0.3) is 0 Å². The molecule has 1 aromatic heterocycles. The summed E-state index contributed by atoms with van der Waals surface area (Å²) in [7, 11) is 0. The third-order valence-corrected chi connectivity index (χ3v) is 5.88. The number of aromatic nitrogens is 1. The quantitative estimate of drug-likeness (QED) is 0.877. The number of piperidine rings is 1. The lowest BCUT2D eigenvalue weighted by molar-refractivity contribution is -0.132. The Hall–Kier alpha value is -2.09. The maximum absolute atomic E-state index is 13.0. The molecule has 0 radical (unpaired) electrons. The van der Waals surface area contributed by atoms with Gasteiger partial charge in [-0.1, -0.05) is 5.16 Å². The predicted octanol–water partition coefficient (Wildman–Crippen LogP) is 1.53. The number of carbonyl (C=O) groups is 2. The van der Waals surface area contributed by atoms with Gasteiger partial charge in [0.1, 0.15) is 17.9 Å². The van der Waals surface area contributed by atoms with Crippen molar-refractivity contribution in [1.29, 1.82) is 0 Å². The molecule has 1 N–H and O–H groups in total. The van der Waals surface area contributed by atoms with Crippen LogP contribution in [0, 0.1) is 13.8 Å². The number of amides is 2. The van der Waals surface area contributed by atoms with Crippen molar-refractivity contribution in [3.63, 3.8) is 0 Å². The maximum atomic E-state index is 13.0. The van der Waals surface area contributed by atoms with E-state index in [2.05, 4.69) is 10.5 Å². The summed E-state index contributed by atoms with van der Waals surface area (Å²) in [5.41, 5.74) is 1.42. The molecular formula is C18H26N4O4. The number of nitrogens with zero attached hydrogens (tertiary/aromatic N) is 3. The van der Waals surface area contributed by atoms with E-state index in [1.807, 2.05) is 18.7 Å². The summed E-state index contributed by atoms with van der Waals surface area (Å²) in [6.07, 6.45) is 3.08. The molecule has 1 unspecified atom stereocenters. The smallest absolute Gasteiger partial charge is 0.410 e. The van der Waals surface area contributed by atoms with E-state index in [0.29, 0.717) is 13.1 Å². The SMILES string of the molecule is Cc1noc(C)c1C1CCCN1C(=O)CN1CC2(CCNCC2)OC1=O. The van der Waals surface area contributed by atoms with Crippen molar-refractivity contribution in [1.82, 2.24) is 20.3 Å². The second kappa shape index (κ2) is 6.57. The number of nitrogens with one attached hydrogen (secondary N) is 1. The van der Waals surface area contributed by atoms with Crippen LogP contribution in [0.4, 0.5) is 4.79 Å². The van der Waals surface area contributed by atoms with Crippen LogP contribution in [0.1, 0.15) is 48.7 Å². The van der Waals surface area contributed by atoms with Crippen LogP contribution in [0.15, 0.2) is 4.52 Å². The highest BCUT2D eigenvalue weighted by atomic mass is 16.6. The zero-order valence-corrected chi connectivity index (χ0v) is 15.4. The van der Waals surface area contributed by atoms with Crippen molar-refractivity contribution in [2.45, 2.75) is 51.2 Å². The molecule has 0 aliphatic carbocycles. The van der Waals surface area contributed by atoms with Crippen molar-refractivity contribution in [3.05, 3.63) is 17.0 Å². The van der Waals surface area contributed by atoms with Gasteiger partial charge in [-0.25, -0.2) is 4.79 Å². The first-order valence-electron chi connectivity index (χ1n) is 9.40. The van der Waals surface area contributed by atoms with Crippen molar-refractivity contribution in [3.8, 4) is 0 Å². The normalized spacial score (nSPS) is 25.2. The number of likely N-dealkylation sites (tertiary alicyclic amines) is 1. The van der Waals surface area contributed by atoms with Gasteiger partial charge in [-0.3, -0.25) is 9.69 Å². The Balaban J connectivity index is 1.45. The second-order valence-corrected chi connectivity index (χ2v) is 7.64. The van der Waals surface area contributed by atoms with Gasteiger partial charge in [0.25, 0.3) is 0 Å². The summed E-state index contributed by atoms with van der Waals surface area (Å²) in [6.45, 7) is 6.76. The number of carbonyl (C=O) groups excluding carboxylic acids is 2. The van der Waals surface area contributed by atoms with Crippen LogP contribution < -0.4 is 5.32 Å². The summed E-state index contributed by atoms with van der Waals surface area (Å²) in [4.78, 5) is 28.7. The van der Waals surface area contributed by atoms with E-state index in [1.54, 1.807) is 4.90 Å². The molecule has 3 saturated heterocycles. The zero-order chi connectivity index (χ0) is 18.3. The standard InChI is InChI=1S/C18H26N4O4/c1-12-16(13(2)26-20-12)14-4-3-9-22(14)15(23)10-21-11-18(25-17(21)24)5-7-19-8-6-18/h14,19H,3-11H2,1-2H3. The fourth-order valence-corrected chi connectivity index (χ4v) is 4.54. The summed E-state index contributed by atoms with van der Waals surface area (Å²) in [5, 5.41) is 7.31. The Labute approximate surface area is 152 Å². The lowest BCUT2D eigenvalue weighted by atomic mass is 9.92. The molecule has 142 valence electrons. The molecule has 0 saturated carbocycles. The van der Waals surface area contributed by atoms with Gasteiger partial charge in [0.05, 0.1) is 18.3 Å². The number of hydrogen-bond acceptors (Lipinski definition) is 6. The van der Waals surface area contributed by atoms with E-state index >= 15 is 0 Å². The summed E-state index contributed by atoms with van der Waals surface area (Å²) in [5.74, 6) is 0.733. The molecule has 8 nitrogen and oxygen atoms in total. The zero-order valence-electron chi connectivity index (χ0n) is 15.4. The van der Waals surface area contributed by atoms with Gasteiger partial charge < -0.3 is 19.5 Å². The molecule has 4 rings (SSSR count). The van der Waals surface area contributed by atoms with Crippen molar-refractivity contribution in [2.75, 3.05) is 32.7 Å². The van der Waals surface area contributed by atoms with Crippen molar-refractivity contribution < 1.29 is 18.8 Å². The Kier molecular flexibility index (Phi) is 4.38. The first-order valence-corrected chi connectivity index (χ1v) is 9.40. The number of ether oxygens (including phenoxy) is 1. The molecule has 26 heavy (non-hydrogen) atoms. The monoisotopic (exact) mass is 362 g/mol. The third-order valence-electron chi connectivity index (χ3n) is 5.88. The number of rotatable bonds is 3. The van der Waals surface area contributed by atoms with E-state index in [9.17, 15) is 9.59 Å². The van der Waals surface area contributed by atoms with Gasteiger partial charge in [0.15, 0.2) is 0 Å². The van der Waals surface area contributed by atoms with Crippen LogP contribution in [0.5, 0.6) is 0 Å². The second-order valence-electron chi connectivity index (χ2n) is 7.64. The number of aryl methyl sites for hydroxylation is 2. The van der Waals surface area contributed by atoms with E-state index in [4.69, 9.17) is 9.26 Å². The molecule has 1 atom stereocenters. The fourth-order valence-electron chi connectivity index (χ4n) is 4.54. The molecule has 1 spiro atoms. The molecule has 0 bridgehead atoms. The minimum Gasteiger partial charge on any atom is -0.441 e. The summed E-state index contributed by atoms with van der Waals surface area (Å²) < 4.78 is 10.9. The summed E-state index contributed by atoms with van der Waals surface area (Å²) in [6, 6.07) is -0.0137. The van der Waals surface area contributed by atoms with Crippen molar-refractivity contribution >= 4 is 12.0 Å². The highest BCUT2D eigenvalue weighted by Crippen LogP contribution is 2.36. The van der Waals surface area contributed by atoms with Crippen LogP contribution in [-0.4, -0.2) is 65.3 Å². The van der Waals surface area contributed by atoms with Gasteiger partial charge in [0, 0.05) is 24.9 Å². The van der Waals surface area contributed by atoms with Crippen LogP contribution in [0.3, 0.4) is 0 Å². The molecular weight excluding hydrogens is 336 g/mol. The lowest BCUT2D eigenvalue weighted by Crippen LogP contribution is -2.46. The van der Waals surface area contributed by atoms with Gasteiger partial charge in [-0.2, -0.15) is 0 Å². The topological polar surface area (TPSA) is 87.9 Å². The number of hydrogen-bond donors (Lipinski definition) is 1. The first kappa shape index (κ1) is 17.3. The Morgan fingerprint density at radius 1 is 1.35 bits per heavy atom. The summed E-state index contributed by atoms with van der Waals surface area (Å²) >= 11 is 0. The highest BCUT2D eigenvalue weighted by molar-refractivity contribution is 5.84. The Bertz CT molecular complexity index is 691. The molecule has 1 aromatic rings. The van der Waals surface area contributed by atoms with Crippen LogP contribution >= 0.6 is 0 Å². The minimum atomic E-state index is -0.422. The molecule has 3 fully saturated rings. The minimum absolute atomic E-state index is 0.0137. The van der Waals surface area contributed by atoms with Crippen LogP contribution in [0.2, 0.25) is 0 Å². The van der Waals surface area contributed by atoms with Gasteiger partial charge in [0.2, 0.25) is 5.91 Å². The molecule has 0 aromatic carbocycles. The first-order chi connectivity index (χ1) is 12.5. The third kappa shape index (κ3) is 2.96. The predicted molar refractivity (Wildman–Crippen MR) is 92.6 cm³/mol. The average molecular weight is 362 g/mol. The molecule has 8 heteroatoms. The highest BCUT2D eigenvalue weighted by Gasteiger charge is 2.47. The van der Waals surface area contributed by atoms with Gasteiger partial charge >= 0.3 is 6.09 Å². The van der Waals surface area contributed by atoms with Gasteiger partial charge in [-0.15, -0.1) is 0 Å². The molecule has 3 aliphatic rings. The molecule has 3 aliphatic heterocycles. The van der Waals surface area contributed by atoms with E-state index in [1.165, 1.54) is 0 Å². The average Bonchev–Trinajstić information content (AvgIpc) is 3.28. The van der Waals surface area contributed by atoms with Gasteiger partial charge in [-0.05, 0) is 39.8 Å². The maximum Gasteiger partial charge on any atom is 0.410 e. The van der Waals surface area contributed by atoms with E-state index < -0.39 is 5.60 Å². The largest absolute Gasteiger partial charge is 0.441 e. The lowest BCUT2D eigenvalue weighted by Gasteiger charge is -2.31. The Morgan fingerprint density at radius 3 is 2.81 bits per heavy atom. The molecule has 4 heterocycles. The van der Waals surface area contributed by atoms with Crippen molar-refractivity contribution in [2.24, 2.45) is 0 Å². The van der Waals surface area contributed by atoms with E-state index in [0.717, 1.165) is 55.8 Å². The molecule has 2 amide bonds. The Morgan fingerprint density at radius 2 is 2.12 bits per heavy atom.